The van der Waals surface area contributed by atoms with Crippen LogP contribution in [0, 0.1) is 19.3 Å². The number of benzene rings is 1. The predicted octanol–water partition coefficient (Wildman–Crippen LogP) is 3.01. The number of hydrogen-bond acceptors (Lipinski definition) is 6. The Kier molecular flexibility index (Phi) is 6.58. The van der Waals surface area contributed by atoms with E-state index in [4.69, 9.17) is 10.5 Å². The van der Waals surface area contributed by atoms with Crippen molar-refractivity contribution in [2.45, 2.75) is 31.6 Å². The van der Waals surface area contributed by atoms with Crippen LogP contribution in [0.5, 0.6) is 0 Å². The molecule has 0 radical (unpaired) electrons. The molecule has 1 aliphatic heterocycles. The van der Waals surface area contributed by atoms with Gasteiger partial charge in [0.05, 0.1) is 11.5 Å². The Morgan fingerprint density at radius 3 is 2.58 bits per heavy atom. The van der Waals surface area contributed by atoms with E-state index in [9.17, 15) is 13.5 Å². The molecule has 1 fully saturated rings. The summed E-state index contributed by atoms with van der Waals surface area (Å²) in [5.41, 5.74) is 10.7. The number of nitrogens with one attached hydrogen (secondary N) is 2. The van der Waals surface area contributed by atoms with E-state index >= 15 is 0 Å². The molecule has 8 nitrogen and oxygen atoms in total. The van der Waals surface area contributed by atoms with Gasteiger partial charge in [0, 0.05) is 53.9 Å². The third-order valence-electron chi connectivity index (χ3n) is 6.40. The number of hydrogen-bond donors (Lipinski definition) is 4. The van der Waals surface area contributed by atoms with Crippen molar-refractivity contribution in [3.8, 4) is 22.4 Å². The highest BCUT2D eigenvalue weighted by atomic mass is 32.2. The zero-order valence-electron chi connectivity index (χ0n) is 18.9. The molecule has 0 bridgehead atoms. The first-order valence-electron chi connectivity index (χ1n) is 10.9. The van der Waals surface area contributed by atoms with Crippen LogP contribution in [-0.4, -0.2) is 49.9 Å². The topological polar surface area (TPSA) is 130 Å². The number of aliphatic hydroxyl groups is 1. The number of nitrogens with two attached hydrogens (primary N) is 1. The zero-order valence-corrected chi connectivity index (χ0v) is 19.7. The number of nitrogens with zero attached hydrogens (tertiary/aromatic N) is 1. The highest BCUT2D eigenvalue weighted by Gasteiger charge is 2.33. The lowest BCUT2D eigenvalue weighted by atomic mass is 9.81. The van der Waals surface area contributed by atoms with E-state index in [0.29, 0.717) is 31.9 Å². The number of aryl methyl sites for hydroxylation is 2. The number of rotatable bonds is 7. The number of aromatic nitrogens is 2. The summed E-state index contributed by atoms with van der Waals surface area (Å²) >= 11 is 0. The summed E-state index contributed by atoms with van der Waals surface area (Å²) in [6, 6.07) is 10.9. The zero-order chi connectivity index (χ0) is 23.6. The van der Waals surface area contributed by atoms with Crippen molar-refractivity contribution in [2.75, 3.05) is 32.1 Å². The fourth-order valence-electron chi connectivity index (χ4n) is 4.11. The molecule has 9 heteroatoms. The van der Waals surface area contributed by atoms with Gasteiger partial charge in [-0.1, -0.05) is 6.07 Å². The Hall–Kier alpha value is -2.72. The highest BCUT2D eigenvalue weighted by Crippen LogP contribution is 2.33. The van der Waals surface area contributed by atoms with Gasteiger partial charge in [-0.3, -0.25) is 0 Å². The van der Waals surface area contributed by atoms with Crippen LogP contribution in [0.3, 0.4) is 0 Å². The average Bonchev–Trinajstić information content (AvgIpc) is 3.25. The van der Waals surface area contributed by atoms with Gasteiger partial charge in [0.1, 0.15) is 5.82 Å². The van der Waals surface area contributed by atoms with E-state index < -0.39 is 15.4 Å². The standard InChI is InChI=1S/C24H30N4O4S/c1-16-3-5-19(33(30,31)27-14-24(15-29)7-9-32-10-8-24)12-20(16)18-11-21(23(25)26-13-18)22-6-4-17(2)28-22/h3-6,11-13,27-29H,7-10,14-15H2,1-2H3,(H2,25,26). The Labute approximate surface area is 194 Å². The molecule has 2 aromatic heterocycles. The molecule has 0 amide bonds. The molecule has 0 saturated carbocycles. The molecule has 1 saturated heterocycles. The smallest absolute Gasteiger partial charge is 0.240 e. The van der Waals surface area contributed by atoms with Crippen molar-refractivity contribution < 1.29 is 18.3 Å². The third kappa shape index (κ3) is 4.96. The second-order valence-corrected chi connectivity index (χ2v) is 10.6. The number of H-pyrrole nitrogens is 1. The van der Waals surface area contributed by atoms with Gasteiger partial charge in [0.2, 0.25) is 10.0 Å². The molecule has 0 atom stereocenters. The summed E-state index contributed by atoms with van der Waals surface area (Å²) in [6.45, 7) is 5.00. The molecule has 3 heterocycles. The number of sulfonamides is 1. The van der Waals surface area contributed by atoms with E-state index in [1.165, 1.54) is 0 Å². The molecular weight excluding hydrogens is 440 g/mol. The van der Waals surface area contributed by atoms with E-state index in [1.54, 1.807) is 24.4 Å². The van der Waals surface area contributed by atoms with Crippen LogP contribution in [0.25, 0.3) is 22.4 Å². The summed E-state index contributed by atoms with van der Waals surface area (Å²) in [6.07, 6.45) is 2.89. The van der Waals surface area contributed by atoms with Crippen molar-refractivity contribution >= 4 is 15.8 Å². The number of aliphatic hydroxyl groups excluding tert-OH is 1. The summed E-state index contributed by atoms with van der Waals surface area (Å²) in [5.74, 6) is 0.398. The van der Waals surface area contributed by atoms with Crippen molar-refractivity contribution in [1.29, 1.82) is 0 Å². The number of ether oxygens (including phenoxy) is 1. The second kappa shape index (κ2) is 9.26. The normalized spacial score (nSPS) is 16.1. The largest absolute Gasteiger partial charge is 0.396 e. The molecule has 0 unspecified atom stereocenters. The van der Waals surface area contributed by atoms with Gasteiger partial charge in [-0.25, -0.2) is 18.1 Å². The van der Waals surface area contributed by atoms with Gasteiger partial charge >= 0.3 is 0 Å². The maximum Gasteiger partial charge on any atom is 0.240 e. The summed E-state index contributed by atoms with van der Waals surface area (Å²) < 4.78 is 34.3. The first kappa shape index (κ1) is 23.4. The van der Waals surface area contributed by atoms with E-state index in [1.807, 2.05) is 32.0 Å². The van der Waals surface area contributed by atoms with Gasteiger partial charge in [-0.05, 0) is 68.1 Å². The van der Waals surface area contributed by atoms with Gasteiger partial charge in [0.15, 0.2) is 0 Å². The highest BCUT2D eigenvalue weighted by molar-refractivity contribution is 7.89. The number of anilines is 1. The molecule has 1 aliphatic rings. The molecule has 3 aromatic rings. The molecule has 1 aromatic carbocycles. The van der Waals surface area contributed by atoms with E-state index in [2.05, 4.69) is 14.7 Å². The summed E-state index contributed by atoms with van der Waals surface area (Å²) in [7, 11) is -3.78. The molecule has 176 valence electrons. The first-order chi connectivity index (χ1) is 15.7. The van der Waals surface area contributed by atoms with Crippen LogP contribution < -0.4 is 10.5 Å². The van der Waals surface area contributed by atoms with Crippen LogP contribution in [-0.2, 0) is 14.8 Å². The summed E-state index contributed by atoms with van der Waals surface area (Å²) in [5, 5.41) is 9.87. The fraction of sp³-hybridized carbons (Fsp3) is 0.375. The Morgan fingerprint density at radius 1 is 1.15 bits per heavy atom. The predicted molar refractivity (Wildman–Crippen MR) is 128 cm³/mol. The molecule has 33 heavy (non-hydrogen) atoms. The van der Waals surface area contributed by atoms with Crippen LogP contribution >= 0.6 is 0 Å². The van der Waals surface area contributed by atoms with Gasteiger partial charge in [0.25, 0.3) is 0 Å². The minimum Gasteiger partial charge on any atom is -0.396 e. The number of pyridine rings is 1. The molecule has 0 spiro atoms. The van der Waals surface area contributed by atoms with Crippen molar-refractivity contribution in [1.82, 2.24) is 14.7 Å². The van der Waals surface area contributed by atoms with Crippen LogP contribution in [0.2, 0.25) is 0 Å². The van der Waals surface area contributed by atoms with Crippen molar-refractivity contribution in [2.24, 2.45) is 5.41 Å². The van der Waals surface area contributed by atoms with Crippen molar-refractivity contribution in [3.05, 3.63) is 53.9 Å². The van der Waals surface area contributed by atoms with Gasteiger partial charge < -0.3 is 20.6 Å². The fourth-order valence-corrected chi connectivity index (χ4v) is 5.29. The Balaban J connectivity index is 1.64. The lowest BCUT2D eigenvalue weighted by molar-refractivity contribution is -0.0126. The minimum absolute atomic E-state index is 0.0872. The summed E-state index contributed by atoms with van der Waals surface area (Å²) in [4.78, 5) is 7.77. The van der Waals surface area contributed by atoms with Gasteiger partial charge in [-0.2, -0.15) is 0 Å². The van der Waals surface area contributed by atoms with E-state index in [0.717, 1.165) is 33.6 Å². The van der Waals surface area contributed by atoms with Crippen LogP contribution in [0.1, 0.15) is 24.1 Å². The minimum atomic E-state index is -3.78. The monoisotopic (exact) mass is 470 g/mol. The molecule has 0 aliphatic carbocycles. The lowest BCUT2D eigenvalue weighted by Gasteiger charge is -2.35. The average molecular weight is 471 g/mol. The maximum atomic E-state index is 13.1. The SMILES string of the molecule is Cc1ccc(-c2cc(-c3cc(S(=O)(=O)NCC4(CO)CCOCC4)ccc3C)cnc2N)[nH]1. The Bertz CT molecular complexity index is 1250. The second-order valence-electron chi connectivity index (χ2n) is 8.78. The van der Waals surface area contributed by atoms with Gasteiger partial charge in [-0.15, -0.1) is 0 Å². The van der Waals surface area contributed by atoms with Crippen LogP contribution in [0.15, 0.2) is 47.5 Å². The number of nitrogen functional groups attached to an aromatic ring is 1. The Morgan fingerprint density at radius 2 is 1.91 bits per heavy atom. The molecular formula is C24H30N4O4S. The molecule has 5 N–H and O–H groups in total. The third-order valence-corrected chi connectivity index (χ3v) is 7.80. The van der Waals surface area contributed by atoms with Crippen molar-refractivity contribution in [3.63, 3.8) is 0 Å². The van der Waals surface area contributed by atoms with Crippen LogP contribution in [0.4, 0.5) is 5.82 Å². The first-order valence-corrected chi connectivity index (χ1v) is 12.4. The number of aromatic amines is 1. The maximum absolute atomic E-state index is 13.1. The molecule has 4 rings (SSSR count). The van der Waals surface area contributed by atoms with E-state index in [-0.39, 0.29) is 18.0 Å². The lowest BCUT2D eigenvalue weighted by Crippen LogP contribution is -2.43. The quantitative estimate of drug-likeness (QED) is 0.420.